The first-order valence-corrected chi connectivity index (χ1v) is 9.50. The summed E-state index contributed by atoms with van der Waals surface area (Å²) in [7, 11) is 0. The maximum absolute atomic E-state index is 5.56. The lowest BCUT2D eigenvalue weighted by Crippen LogP contribution is -2.09. The molecular weight excluding hydrogens is 247 g/mol. The summed E-state index contributed by atoms with van der Waals surface area (Å²) < 4.78 is 5.56. The van der Waals surface area contributed by atoms with E-state index in [0.29, 0.717) is 12.5 Å². The highest BCUT2D eigenvalue weighted by Gasteiger charge is 2.14. The van der Waals surface area contributed by atoms with E-state index >= 15 is 0 Å². The first-order valence-electron chi connectivity index (χ1n) is 5.19. The zero-order chi connectivity index (χ0) is 11.7. The van der Waals surface area contributed by atoms with E-state index in [-0.39, 0.29) is 0 Å². The van der Waals surface area contributed by atoms with Gasteiger partial charge >= 0.3 is 0 Å². The lowest BCUT2D eigenvalue weighted by Gasteiger charge is -2.19. The molecule has 0 fully saturated rings. The summed E-state index contributed by atoms with van der Waals surface area (Å²) >= 11 is 7.09. The van der Waals surface area contributed by atoms with Crippen molar-refractivity contribution in [3.05, 3.63) is 0 Å². The largest absolute Gasteiger partial charge is 0.327 e. The van der Waals surface area contributed by atoms with E-state index in [4.69, 9.17) is 16.3 Å². The van der Waals surface area contributed by atoms with Crippen molar-refractivity contribution in [2.75, 3.05) is 18.9 Å². The van der Waals surface area contributed by atoms with Gasteiger partial charge in [-0.3, -0.25) is 4.99 Å². The second kappa shape index (κ2) is 8.57. The predicted molar refractivity (Wildman–Crippen MR) is 75.4 cm³/mol. The van der Waals surface area contributed by atoms with Crippen LogP contribution >= 0.6 is 17.0 Å². The van der Waals surface area contributed by atoms with Crippen LogP contribution in [-0.4, -0.2) is 25.2 Å². The molecule has 0 aromatic rings. The summed E-state index contributed by atoms with van der Waals surface area (Å²) in [6, 6.07) is 0. The molecule has 0 aromatic heterocycles. The van der Waals surface area contributed by atoms with Crippen molar-refractivity contribution in [2.45, 2.75) is 27.7 Å². The van der Waals surface area contributed by atoms with E-state index in [9.17, 15) is 0 Å². The minimum atomic E-state index is -1.93. The Hall–Kier alpha value is 0.430. The normalized spacial score (nSPS) is 15.8. The third-order valence-corrected chi connectivity index (χ3v) is 7.01. The van der Waals surface area contributed by atoms with Crippen LogP contribution < -0.4 is 5.09 Å². The highest BCUT2D eigenvalue weighted by Crippen LogP contribution is 2.55. The summed E-state index contributed by atoms with van der Waals surface area (Å²) in [5, 5.41) is 3.13. The first kappa shape index (κ1) is 15.4. The third kappa shape index (κ3) is 8.26. The number of hydrogen-bond donors (Lipinski definition) is 1. The zero-order valence-electron chi connectivity index (χ0n) is 9.90. The summed E-state index contributed by atoms with van der Waals surface area (Å²) in [5.41, 5.74) is -1.93. The number of nitrogens with one attached hydrogen (secondary N) is 1. The fourth-order valence-corrected chi connectivity index (χ4v) is 5.28. The first-order chi connectivity index (χ1) is 7.04. The van der Waals surface area contributed by atoms with Crippen molar-refractivity contribution >= 4 is 35.1 Å². The Morgan fingerprint density at radius 3 is 2.67 bits per heavy atom. The summed E-state index contributed by atoms with van der Waals surface area (Å²) in [4.78, 5) is 4.25. The molecule has 0 spiro atoms. The lowest BCUT2D eigenvalue weighted by atomic mass is 10.2. The SMILES string of the molecule is CCOP(=S)(N/C=N/CC(C)C)SCC. The molecule has 90 valence electrons. The van der Waals surface area contributed by atoms with Crippen LogP contribution in [0.1, 0.15) is 27.7 Å². The van der Waals surface area contributed by atoms with Crippen LogP contribution in [0.25, 0.3) is 0 Å². The van der Waals surface area contributed by atoms with Crippen molar-refractivity contribution in [1.82, 2.24) is 5.09 Å². The molecule has 3 nitrogen and oxygen atoms in total. The van der Waals surface area contributed by atoms with Crippen LogP contribution in [0.4, 0.5) is 0 Å². The molecule has 0 bridgehead atoms. The molecule has 15 heavy (non-hydrogen) atoms. The molecule has 0 aliphatic carbocycles. The molecule has 0 amide bonds. The molecule has 1 atom stereocenters. The van der Waals surface area contributed by atoms with Gasteiger partial charge in [-0.1, -0.05) is 32.2 Å². The fourth-order valence-electron chi connectivity index (χ4n) is 0.827. The molecule has 0 radical (unpaired) electrons. The Bertz CT molecular complexity index is 224. The van der Waals surface area contributed by atoms with Crippen LogP contribution in [0.2, 0.25) is 0 Å². The van der Waals surface area contributed by atoms with Crippen LogP contribution in [0, 0.1) is 5.92 Å². The van der Waals surface area contributed by atoms with Gasteiger partial charge in [-0.15, -0.1) is 0 Å². The minimum Gasteiger partial charge on any atom is -0.327 e. The topological polar surface area (TPSA) is 33.6 Å². The molecule has 0 aromatic carbocycles. The van der Waals surface area contributed by atoms with Gasteiger partial charge < -0.3 is 9.61 Å². The van der Waals surface area contributed by atoms with Gasteiger partial charge in [0.15, 0.2) is 0 Å². The lowest BCUT2D eigenvalue weighted by molar-refractivity contribution is 0.383. The number of hydrogen-bond acceptors (Lipinski definition) is 4. The van der Waals surface area contributed by atoms with Crippen LogP contribution in [0.15, 0.2) is 4.99 Å². The van der Waals surface area contributed by atoms with E-state index in [1.54, 1.807) is 17.7 Å². The van der Waals surface area contributed by atoms with Gasteiger partial charge in [-0.2, -0.15) is 0 Å². The van der Waals surface area contributed by atoms with Gasteiger partial charge in [-0.05, 0) is 30.4 Å². The summed E-state index contributed by atoms with van der Waals surface area (Å²) in [5.74, 6) is 1.54. The highest BCUT2D eigenvalue weighted by molar-refractivity contribution is 8.68. The molecule has 0 aliphatic rings. The molecule has 0 saturated carbocycles. The minimum absolute atomic E-state index is 0.576. The van der Waals surface area contributed by atoms with Gasteiger partial charge in [0.2, 0.25) is 5.62 Å². The molecule has 1 unspecified atom stereocenters. The number of aliphatic imine (C=N–C) groups is 1. The average Bonchev–Trinajstić information content (AvgIpc) is 2.13. The summed E-state index contributed by atoms with van der Waals surface area (Å²) in [6.45, 7) is 9.79. The van der Waals surface area contributed by atoms with E-state index in [0.717, 1.165) is 12.3 Å². The van der Waals surface area contributed by atoms with Crippen LogP contribution in [0.3, 0.4) is 0 Å². The Balaban J connectivity index is 4.06. The van der Waals surface area contributed by atoms with Gasteiger partial charge in [0.05, 0.1) is 12.9 Å². The molecule has 0 heterocycles. The van der Waals surface area contributed by atoms with E-state index in [1.807, 2.05) is 6.92 Å². The molecule has 6 heteroatoms. The van der Waals surface area contributed by atoms with Crippen molar-refractivity contribution in [3.63, 3.8) is 0 Å². The molecule has 0 rings (SSSR count). The average molecular weight is 268 g/mol. The summed E-state index contributed by atoms with van der Waals surface area (Å²) in [6.07, 6.45) is 1.71. The smallest absolute Gasteiger partial charge is 0.211 e. The Labute approximate surface area is 102 Å². The third-order valence-electron chi connectivity index (χ3n) is 1.38. The predicted octanol–water partition coefficient (Wildman–Crippen LogP) is 3.27. The molecule has 0 saturated heterocycles. The molecular formula is C9H21N2OPS2. The van der Waals surface area contributed by atoms with Gasteiger partial charge in [0.1, 0.15) is 0 Å². The quantitative estimate of drug-likeness (QED) is 0.416. The van der Waals surface area contributed by atoms with Crippen molar-refractivity contribution in [3.8, 4) is 0 Å². The van der Waals surface area contributed by atoms with Crippen LogP contribution in [0.5, 0.6) is 0 Å². The Morgan fingerprint density at radius 1 is 1.53 bits per heavy atom. The Kier molecular flexibility index (Phi) is 8.81. The second-order valence-corrected chi connectivity index (χ2v) is 10.3. The molecule has 0 aliphatic heterocycles. The van der Waals surface area contributed by atoms with Gasteiger partial charge in [-0.25, -0.2) is 0 Å². The highest BCUT2D eigenvalue weighted by atomic mass is 32.9. The van der Waals surface area contributed by atoms with E-state index < -0.39 is 5.62 Å². The zero-order valence-corrected chi connectivity index (χ0v) is 12.4. The monoisotopic (exact) mass is 268 g/mol. The fraction of sp³-hybridized carbons (Fsp3) is 0.889. The number of nitrogens with zero attached hydrogens (tertiary/aromatic N) is 1. The maximum Gasteiger partial charge on any atom is 0.211 e. The molecule has 1 N–H and O–H groups in total. The number of rotatable bonds is 8. The van der Waals surface area contributed by atoms with Crippen LogP contribution in [-0.2, 0) is 16.3 Å². The Morgan fingerprint density at radius 2 is 2.20 bits per heavy atom. The van der Waals surface area contributed by atoms with Gasteiger partial charge in [0.25, 0.3) is 0 Å². The maximum atomic E-state index is 5.56. The van der Waals surface area contributed by atoms with Crippen molar-refractivity contribution in [2.24, 2.45) is 10.9 Å². The van der Waals surface area contributed by atoms with Gasteiger partial charge in [0, 0.05) is 6.54 Å². The second-order valence-electron chi connectivity index (χ2n) is 3.35. The van der Waals surface area contributed by atoms with Crippen molar-refractivity contribution < 1.29 is 4.52 Å². The van der Waals surface area contributed by atoms with E-state index in [2.05, 4.69) is 30.9 Å². The van der Waals surface area contributed by atoms with Crippen molar-refractivity contribution in [1.29, 1.82) is 0 Å². The standard InChI is InChI=1S/C9H21N2OPS2/c1-5-12-13(14,15-6-2)11-8-10-7-9(3)4/h8-9H,5-7H2,1-4H3,(H,10,11,14). The van der Waals surface area contributed by atoms with E-state index in [1.165, 1.54) is 0 Å².